The van der Waals surface area contributed by atoms with Gasteiger partial charge in [0.15, 0.2) is 0 Å². The Kier molecular flexibility index (Phi) is 5.70. The highest BCUT2D eigenvalue weighted by atomic mass is 16.5. The smallest absolute Gasteiger partial charge is 0.138 e. The zero-order valence-electron chi connectivity index (χ0n) is 23.4. The fourth-order valence-corrected chi connectivity index (χ4v) is 10.3. The fourth-order valence-electron chi connectivity index (χ4n) is 10.3. The molecule has 1 spiro atoms. The van der Waals surface area contributed by atoms with Gasteiger partial charge in [-0.15, -0.1) is 0 Å². The number of methoxy groups -OCH3 is 1. The van der Waals surface area contributed by atoms with Crippen molar-refractivity contribution >= 4 is 5.78 Å². The topological polar surface area (TPSA) is 55.8 Å². The number of aliphatic hydroxyl groups excluding tert-OH is 1. The first-order valence-electron chi connectivity index (χ1n) is 14.0. The van der Waals surface area contributed by atoms with E-state index < -0.39 is 6.10 Å². The van der Waals surface area contributed by atoms with E-state index in [1.807, 2.05) is 14.0 Å². The molecule has 5 aliphatic rings. The van der Waals surface area contributed by atoms with E-state index >= 15 is 0 Å². The van der Waals surface area contributed by atoms with Gasteiger partial charge in [0.1, 0.15) is 11.9 Å². The molecule has 35 heavy (non-hydrogen) atoms. The van der Waals surface area contributed by atoms with E-state index in [2.05, 4.69) is 54.2 Å². The number of carbonyl (C=O) groups excluding carboxylic acids is 1. The number of Topliss-reactive ketones (excluding diaryl/α,β-unsaturated/α-hetero) is 1. The highest BCUT2D eigenvalue weighted by Crippen LogP contribution is 2.75. The molecule has 4 nitrogen and oxygen atoms in total. The number of hydrogen-bond donors (Lipinski definition) is 1. The summed E-state index contributed by atoms with van der Waals surface area (Å²) in [6.07, 6.45) is 8.46. The maximum absolute atomic E-state index is 13.0. The van der Waals surface area contributed by atoms with Crippen molar-refractivity contribution in [3.8, 4) is 0 Å². The van der Waals surface area contributed by atoms with Gasteiger partial charge in [0.25, 0.3) is 0 Å². The third kappa shape index (κ3) is 3.06. The second kappa shape index (κ2) is 7.77. The Labute approximate surface area is 212 Å². The summed E-state index contributed by atoms with van der Waals surface area (Å²) in [5.41, 5.74) is 1.74. The van der Waals surface area contributed by atoms with Crippen molar-refractivity contribution in [1.29, 1.82) is 0 Å². The summed E-state index contributed by atoms with van der Waals surface area (Å²) in [5, 5.41) is 10.8. The van der Waals surface area contributed by atoms with Crippen LogP contribution in [0.2, 0.25) is 0 Å². The Morgan fingerprint density at radius 3 is 2.49 bits per heavy atom. The molecule has 196 valence electrons. The lowest BCUT2D eigenvalue weighted by Gasteiger charge is -2.68. The average molecular weight is 485 g/mol. The Morgan fingerprint density at radius 1 is 1.17 bits per heavy atom. The zero-order chi connectivity index (χ0) is 25.8. The summed E-state index contributed by atoms with van der Waals surface area (Å²) in [6.45, 7) is 20.1. The van der Waals surface area contributed by atoms with Crippen molar-refractivity contribution in [2.24, 2.45) is 39.4 Å². The first-order valence-corrected chi connectivity index (χ1v) is 14.0. The second-order valence-electron chi connectivity index (χ2n) is 14.2. The minimum atomic E-state index is -0.620. The Morgan fingerprint density at radius 2 is 1.86 bits per heavy atom. The molecule has 0 aromatic carbocycles. The van der Waals surface area contributed by atoms with Crippen LogP contribution in [0.3, 0.4) is 0 Å². The van der Waals surface area contributed by atoms with Gasteiger partial charge in [0.2, 0.25) is 0 Å². The SMILES string of the molecule is C=C(C)[C@@H](O)[C@@H]1C[C@@H](C)[C@@]2(CC[C@@]3(C)C2=C[C@H](OC)[C@H]2[C@@]4(C)CCC(=O)C(C)(C)[C@@H]4CC[C@@]23C)O1. The minimum Gasteiger partial charge on any atom is -0.386 e. The largest absolute Gasteiger partial charge is 0.386 e. The molecule has 1 saturated heterocycles. The molecular formula is C31H48O4. The first kappa shape index (κ1) is 25.7. The van der Waals surface area contributed by atoms with Crippen molar-refractivity contribution in [1.82, 2.24) is 0 Å². The third-order valence-electron chi connectivity index (χ3n) is 12.5. The van der Waals surface area contributed by atoms with Gasteiger partial charge in [-0.25, -0.2) is 0 Å². The van der Waals surface area contributed by atoms with Crippen LogP contribution in [0.1, 0.15) is 93.4 Å². The maximum atomic E-state index is 13.0. The molecule has 1 heterocycles. The average Bonchev–Trinajstić information content (AvgIpc) is 3.28. The molecule has 1 N–H and O–H groups in total. The molecule has 0 aromatic rings. The predicted octanol–water partition coefficient (Wildman–Crippen LogP) is 6.27. The van der Waals surface area contributed by atoms with Gasteiger partial charge in [0.05, 0.1) is 17.8 Å². The third-order valence-corrected chi connectivity index (χ3v) is 12.5. The lowest BCUT2D eigenvalue weighted by Crippen LogP contribution is -2.65. The minimum absolute atomic E-state index is 0.00997. The lowest BCUT2D eigenvalue weighted by atomic mass is 9.36. The lowest BCUT2D eigenvalue weighted by molar-refractivity contribution is -0.200. The van der Waals surface area contributed by atoms with E-state index in [-0.39, 0.29) is 39.5 Å². The van der Waals surface area contributed by atoms with Gasteiger partial charge in [-0.1, -0.05) is 54.2 Å². The van der Waals surface area contributed by atoms with E-state index in [1.165, 1.54) is 5.57 Å². The van der Waals surface area contributed by atoms with Crippen molar-refractivity contribution in [2.75, 3.05) is 7.11 Å². The normalized spacial score (nSPS) is 51.4. The molecule has 0 bridgehead atoms. The molecule has 4 fully saturated rings. The van der Waals surface area contributed by atoms with Crippen LogP contribution >= 0.6 is 0 Å². The van der Waals surface area contributed by atoms with E-state index in [9.17, 15) is 9.90 Å². The molecular weight excluding hydrogens is 436 g/mol. The predicted molar refractivity (Wildman–Crippen MR) is 139 cm³/mol. The molecule has 4 aliphatic carbocycles. The Bertz CT molecular complexity index is 965. The van der Waals surface area contributed by atoms with Crippen LogP contribution in [0.4, 0.5) is 0 Å². The van der Waals surface area contributed by atoms with Gasteiger partial charge >= 0.3 is 0 Å². The maximum Gasteiger partial charge on any atom is 0.138 e. The van der Waals surface area contributed by atoms with Crippen LogP contribution in [-0.2, 0) is 14.3 Å². The van der Waals surface area contributed by atoms with Gasteiger partial charge in [-0.3, -0.25) is 4.79 Å². The molecule has 0 amide bonds. The van der Waals surface area contributed by atoms with Crippen LogP contribution in [0.25, 0.3) is 0 Å². The summed E-state index contributed by atoms with van der Waals surface area (Å²) in [5.74, 6) is 1.53. The number of carbonyl (C=O) groups is 1. The van der Waals surface area contributed by atoms with Crippen LogP contribution in [0.15, 0.2) is 23.8 Å². The summed E-state index contributed by atoms with van der Waals surface area (Å²) in [4.78, 5) is 13.0. The number of ether oxygens (including phenoxy) is 2. The summed E-state index contributed by atoms with van der Waals surface area (Å²) >= 11 is 0. The quantitative estimate of drug-likeness (QED) is 0.480. The van der Waals surface area contributed by atoms with Crippen LogP contribution in [0.5, 0.6) is 0 Å². The molecule has 0 radical (unpaired) electrons. The van der Waals surface area contributed by atoms with Gasteiger partial charge in [-0.05, 0) is 84.7 Å². The molecule has 10 atom stereocenters. The number of aliphatic hydroxyl groups is 1. The number of ketones is 1. The van der Waals surface area contributed by atoms with E-state index in [0.29, 0.717) is 30.0 Å². The van der Waals surface area contributed by atoms with Crippen molar-refractivity contribution in [3.63, 3.8) is 0 Å². The second-order valence-corrected chi connectivity index (χ2v) is 14.2. The van der Waals surface area contributed by atoms with Crippen molar-refractivity contribution in [2.45, 2.75) is 117 Å². The standard InChI is InChI=1S/C31H48O4/c1-18(2)25(33)20-16-19(3)31(35-20)15-14-29(7)23(31)17-21(34-9)26-28(6)12-11-24(32)27(4,5)22(28)10-13-30(26,29)8/h17,19-22,25-26,33H,1,10-16H2,2-9H3/t19-,20+,21+,22+,25-,26+,28+,29+,30+,31-/m1/s1. The van der Waals surface area contributed by atoms with E-state index in [0.717, 1.165) is 44.1 Å². The molecule has 4 heteroatoms. The Balaban J connectivity index is 1.61. The number of rotatable bonds is 3. The van der Waals surface area contributed by atoms with Crippen LogP contribution in [0, 0.1) is 39.4 Å². The highest BCUT2D eigenvalue weighted by Gasteiger charge is 2.72. The summed E-state index contributed by atoms with van der Waals surface area (Å²) in [6, 6.07) is 0. The van der Waals surface area contributed by atoms with Gasteiger partial charge in [0, 0.05) is 24.9 Å². The molecule has 0 aromatic heterocycles. The number of hydrogen-bond acceptors (Lipinski definition) is 4. The van der Waals surface area contributed by atoms with Crippen molar-refractivity contribution in [3.05, 3.63) is 23.8 Å². The van der Waals surface area contributed by atoms with Crippen molar-refractivity contribution < 1.29 is 19.4 Å². The van der Waals surface area contributed by atoms with E-state index in [1.54, 1.807) is 0 Å². The van der Waals surface area contributed by atoms with E-state index in [4.69, 9.17) is 9.47 Å². The first-order chi connectivity index (χ1) is 16.2. The summed E-state index contributed by atoms with van der Waals surface area (Å²) in [7, 11) is 1.87. The zero-order valence-corrected chi connectivity index (χ0v) is 23.4. The Hall–Kier alpha value is -0.970. The summed E-state index contributed by atoms with van der Waals surface area (Å²) < 4.78 is 13.3. The molecule has 3 saturated carbocycles. The molecule has 1 aliphatic heterocycles. The van der Waals surface area contributed by atoms with Gasteiger partial charge in [-0.2, -0.15) is 0 Å². The molecule has 0 unspecified atom stereocenters. The van der Waals surface area contributed by atoms with Crippen LogP contribution in [-0.4, -0.2) is 41.9 Å². The van der Waals surface area contributed by atoms with Crippen LogP contribution < -0.4 is 0 Å². The van der Waals surface area contributed by atoms with Gasteiger partial charge < -0.3 is 14.6 Å². The number of fused-ring (bicyclic) bond motifs is 6. The fraction of sp³-hybridized carbons (Fsp3) is 0.839. The molecule has 5 rings (SSSR count). The highest BCUT2D eigenvalue weighted by molar-refractivity contribution is 5.85. The monoisotopic (exact) mass is 484 g/mol.